The van der Waals surface area contributed by atoms with E-state index in [9.17, 15) is 4.79 Å². The molecule has 110 valence electrons. The molecule has 0 N–H and O–H groups in total. The minimum Gasteiger partial charge on any atom is -0.339 e. The number of para-hydroxylation sites is 1. The van der Waals surface area contributed by atoms with Crippen LogP contribution in [0.2, 0.25) is 0 Å². The number of amides is 1. The van der Waals surface area contributed by atoms with Crippen LogP contribution in [0.3, 0.4) is 0 Å². The van der Waals surface area contributed by atoms with Crippen molar-refractivity contribution in [3.05, 3.63) is 41.6 Å². The van der Waals surface area contributed by atoms with Crippen molar-refractivity contribution in [3.63, 3.8) is 0 Å². The molecule has 1 aromatic heterocycles. The van der Waals surface area contributed by atoms with Crippen LogP contribution < -0.4 is 0 Å². The van der Waals surface area contributed by atoms with Crippen molar-refractivity contribution in [3.8, 4) is 0 Å². The maximum Gasteiger partial charge on any atom is 0.254 e. The maximum absolute atomic E-state index is 12.8. The molecule has 1 saturated heterocycles. The highest BCUT2D eigenvalue weighted by Gasteiger charge is 2.24. The van der Waals surface area contributed by atoms with Crippen molar-refractivity contribution < 1.29 is 4.79 Å². The van der Waals surface area contributed by atoms with E-state index < -0.39 is 0 Å². The van der Waals surface area contributed by atoms with Crippen molar-refractivity contribution in [2.24, 2.45) is 5.92 Å². The number of hydrogen-bond donors (Lipinski definition) is 0. The molecule has 0 atom stereocenters. The van der Waals surface area contributed by atoms with Gasteiger partial charge in [-0.15, -0.1) is 0 Å². The molecule has 4 heteroatoms. The van der Waals surface area contributed by atoms with Gasteiger partial charge < -0.3 is 4.90 Å². The van der Waals surface area contributed by atoms with Crippen LogP contribution in [0.25, 0.3) is 10.9 Å². The first kappa shape index (κ1) is 14.5. The van der Waals surface area contributed by atoms with Gasteiger partial charge in [-0.1, -0.05) is 34.1 Å². The number of piperidine rings is 1. The molecule has 0 spiro atoms. The molecule has 1 aliphatic rings. The fraction of sp³-hybridized carbons (Fsp3) is 0.412. The first-order valence-electron chi connectivity index (χ1n) is 7.40. The summed E-state index contributed by atoms with van der Waals surface area (Å²) in [5.74, 6) is 0.842. The van der Waals surface area contributed by atoms with Gasteiger partial charge in [-0.3, -0.25) is 9.78 Å². The summed E-state index contributed by atoms with van der Waals surface area (Å²) >= 11 is 3.54. The molecule has 21 heavy (non-hydrogen) atoms. The molecule has 0 unspecified atom stereocenters. The molecule has 3 rings (SSSR count). The number of alkyl halides is 1. The Labute approximate surface area is 133 Å². The quantitative estimate of drug-likeness (QED) is 0.775. The second kappa shape index (κ2) is 6.14. The number of pyridine rings is 1. The molecule has 0 bridgehead atoms. The Bertz CT molecular complexity index is 663. The number of halogens is 1. The molecule has 0 saturated carbocycles. The number of likely N-dealkylation sites (tertiary alicyclic amines) is 1. The third-order valence-corrected chi connectivity index (χ3v) is 5.11. The van der Waals surface area contributed by atoms with Crippen molar-refractivity contribution in [2.45, 2.75) is 19.8 Å². The highest BCUT2D eigenvalue weighted by molar-refractivity contribution is 9.09. The minimum absolute atomic E-state index is 0.143. The number of hydrogen-bond acceptors (Lipinski definition) is 2. The van der Waals surface area contributed by atoms with E-state index in [1.54, 1.807) is 0 Å². The molecule has 2 heterocycles. The largest absolute Gasteiger partial charge is 0.339 e. The Balaban J connectivity index is 1.91. The fourth-order valence-electron chi connectivity index (χ4n) is 2.95. The Morgan fingerprint density at radius 2 is 2.05 bits per heavy atom. The van der Waals surface area contributed by atoms with Gasteiger partial charge in [0.05, 0.1) is 11.1 Å². The zero-order valence-electron chi connectivity index (χ0n) is 12.2. The van der Waals surface area contributed by atoms with Gasteiger partial charge in [-0.25, -0.2) is 0 Å². The smallest absolute Gasteiger partial charge is 0.254 e. The molecular formula is C17H19BrN2O. The van der Waals surface area contributed by atoms with Crippen LogP contribution in [0.15, 0.2) is 30.3 Å². The van der Waals surface area contributed by atoms with Gasteiger partial charge in [0.1, 0.15) is 0 Å². The highest BCUT2D eigenvalue weighted by Crippen LogP contribution is 2.24. The van der Waals surface area contributed by atoms with E-state index in [4.69, 9.17) is 0 Å². The molecule has 0 radical (unpaired) electrons. The van der Waals surface area contributed by atoms with Crippen LogP contribution in [0.5, 0.6) is 0 Å². The number of nitrogens with zero attached hydrogens (tertiary/aromatic N) is 2. The van der Waals surface area contributed by atoms with E-state index in [0.717, 1.165) is 53.4 Å². The maximum atomic E-state index is 12.8. The molecule has 1 fully saturated rings. The monoisotopic (exact) mass is 346 g/mol. The van der Waals surface area contributed by atoms with Crippen molar-refractivity contribution in [2.75, 3.05) is 18.4 Å². The summed E-state index contributed by atoms with van der Waals surface area (Å²) in [6.45, 7) is 3.65. The van der Waals surface area contributed by atoms with Gasteiger partial charge in [-0.2, -0.15) is 0 Å². The highest BCUT2D eigenvalue weighted by atomic mass is 79.9. The molecule has 0 aliphatic carbocycles. The second-order valence-electron chi connectivity index (χ2n) is 5.72. The number of carbonyl (C=O) groups excluding carboxylic acids is 1. The number of fused-ring (bicyclic) bond motifs is 1. The molecular weight excluding hydrogens is 328 g/mol. The van der Waals surface area contributed by atoms with E-state index in [0.29, 0.717) is 5.92 Å². The third kappa shape index (κ3) is 2.95. The Kier molecular flexibility index (Phi) is 4.24. The van der Waals surface area contributed by atoms with E-state index in [1.807, 2.05) is 42.2 Å². The first-order valence-corrected chi connectivity index (χ1v) is 8.53. The lowest BCUT2D eigenvalue weighted by atomic mass is 9.98. The summed E-state index contributed by atoms with van der Waals surface area (Å²) in [7, 11) is 0. The van der Waals surface area contributed by atoms with Gasteiger partial charge >= 0.3 is 0 Å². The zero-order valence-corrected chi connectivity index (χ0v) is 13.8. The Morgan fingerprint density at radius 1 is 1.33 bits per heavy atom. The first-order chi connectivity index (χ1) is 10.2. The summed E-state index contributed by atoms with van der Waals surface area (Å²) in [5.41, 5.74) is 2.58. The van der Waals surface area contributed by atoms with Crippen LogP contribution >= 0.6 is 15.9 Å². The lowest BCUT2D eigenvalue weighted by Gasteiger charge is -2.31. The summed E-state index contributed by atoms with van der Waals surface area (Å²) in [4.78, 5) is 19.3. The van der Waals surface area contributed by atoms with E-state index in [1.165, 1.54) is 0 Å². The SMILES string of the molecule is Cc1cc(C(=O)N2CCC(CBr)CC2)c2ccccc2n1. The predicted octanol–water partition coefficient (Wildman–Crippen LogP) is 3.79. The average molecular weight is 347 g/mol. The number of carbonyl (C=O) groups is 1. The van der Waals surface area contributed by atoms with Gasteiger partial charge in [0.2, 0.25) is 0 Å². The predicted molar refractivity (Wildman–Crippen MR) is 88.9 cm³/mol. The van der Waals surface area contributed by atoms with Crippen molar-refractivity contribution in [1.29, 1.82) is 0 Å². The van der Waals surface area contributed by atoms with Crippen LogP contribution in [0, 0.1) is 12.8 Å². The molecule has 1 aromatic carbocycles. The minimum atomic E-state index is 0.143. The standard InChI is InChI=1S/C17H19BrN2O/c1-12-10-15(14-4-2-3-5-16(14)19-12)17(21)20-8-6-13(11-18)7-9-20/h2-5,10,13H,6-9,11H2,1H3. The van der Waals surface area contributed by atoms with Crippen molar-refractivity contribution >= 4 is 32.7 Å². The lowest BCUT2D eigenvalue weighted by Crippen LogP contribution is -2.39. The average Bonchev–Trinajstić information content (AvgIpc) is 2.53. The van der Waals surface area contributed by atoms with Crippen LogP contribution in [-0.4, -0.2) is 34.2 Å². The van der Waals surface area contributed by atoms with Crippen LogP contribution in [0.4, 0.5) is 0 Å². The van der Waals surface area contributed by atoms with Gasteiger partial charge in [0, 0.05) is 29.5 Å². The number of aromatic nitrogens is 1. The van der Waals surface area contributed by atoms with Crippen LogP contribution in [-0.2, 0) is 0 Å². The topological polar surface area (TPSA) is 33.2 Å². The molecule has 1 amide bonds. The number of aryl methyl sites for hydroxylation is 1. The molecule has 1 aliphatic heterocycles. The lowest BCUT2D eigenvalue weighted by molar-refractivity contribution is 0.0701. The normalized spacial score (nSPS) is 16.4. The molecule has 2 aromatic rings. The third-order valence-electron chi connectivity index (χ3n) is 4.19. The van der Waals surface area contributed by atoms with Gasteiger partial charge in [0.15, 0.2) is 0 Å². The summed E-state index contributed by atoms with van der Waals surface area (Å²) in [6.07, 6.45) is 2.16. The van der Waals surface area contributed by atoms with Crippen molar-refractivity contribution in [1.82, 2.24) is 9.88 Å². The van der Waals surface area contributed by atoms with E-state index >= 15 is 0 Å². The fourth-order valence-corrected chi connectivity index (χ4v) is 3.59. The summed E-state index contributed by atoms with van der Waals surface area (Å²) < 4.78 is 0. The summed E-state index contributed by atoms with van der Waals surface area (Å²) in [5, 5.41) is 1.99. The Morgan fingerprint density at radius 3 is 2.76 bits per heavy atom. The summed E-state index contributed by atoms with van der Waals surface area (Å²) in [6, 6.07) is 9.80. The van der Waals surface area contributed by atoms with E-state index in [2.05, 4.69) is 20.9 Å². The van der Waals surface area contributed by atoms with E-state index in [-0.39, 0.29) is 5.91 Å². The van der Waals surface area contributed by atoms with Crippen LogP contribution in [0.1, 0.15) is 28.9 Å². The zero-order chi connectivity index (χ0) is 14.8. The van der Waals surface area contributed by atoms with Gasteiger partial charge in [0.25, 0.3) is 5.91 Å². The number of rotatable bonds is 2. The molecule has 3 nitrogen and oxygen atoms in total. The Hall–Kier alpha value is -1.42. The second-order valence-corrected chi connectivity index (χ2v) is 6.37. The number of benzene rings is 1. The van der Waals surface area contributed by atoms with Gasteiger partial charge in [-0.05, 0) is 37.8 Å².